The van der Waals surface area contributed by atoms with Crippen molar-refractivity contribution in [3.05, 3.63) is 29.7 Å². The molecule has 0 saturated heterocycles. The number of amides is 1. The van der Waals surface area contributed by atoms with E-state index in [2.05, 4.69) is 26.7 Å². The third-order valence-corrected chi connectivity index (χ3v) is 4.73. The van der Waals surface area contributed by atoms with Crippen LogP contribution in [0.1, 0.15) is 68.3 Å². The number of carbonyl (C=O) groups is 1. The molecule has 2 aliphatic rings. The number of nitrogens with zero attached hydrogens (tertiary/aromatic N) is 2. The van der Waals surface area contributed by atoms with Crippen molar-refractivity contribution in [2.24, 2.45) is 0 Å². The second kappa shape index (κ2) is 8.09. The number of allylic oxidation sites excluding steroid dienone is 1. The van der Waals surface area contributed by atoms with Crippen LogP contribution in [0.15, 0.2) is 24.0 Å². The van der Waals surface area contributed by atoms with Gasteiger partial charge in [-0.2, -0.15) is 0 Å². The molecule has 2 aliphatic carbocycles. The Morgan fingerprint density at radius 1 is 1.17 bits per heavy atom. The van der Waals surface area contributed by atoms with Gasteiger partial charge in [0.2, 0.25) is 0 Å². The molecule has 1 aromatic heterocycles. The number of hydrogen-bond donors (Lipinski definition) is 2. The maximum Gasteiger partial charge on any atom is 0.270 e. The number of hydrogen-bond acceptors (Lipinski definition) is 4. The highest BCUT2D eigenvalue weighted by molar-refractivity contribution is 5.93. The average Bonchev–Trinajstić information content (AvgIpc) is 3.09. The lowest BCUT2D eigenvalue weighted by Gasteiger charge is -2.14. The SMILES string of the molecule is O=C(NC1CCCC1)c1cc(NCCC2=CCCCC2)ncn1. The van der Waals surface area contributed by atoms with Crippen molar-refractivity contribution < 1.29 is 4.79 Å². The number of rotatable bonds is 6. The van der Waals surface area contributed by atoms with Gasteiger partial charge in [-0.25, -0.2) is 9.97 Å². The normalized spacial score (nSPS) is 18.5. The Hall–Kier alpha value is -1.91. The van der Waals surface area contributed by atoms with Crippen LogP contribution in [-0.4, -0.2) is 28.5 Å². The average molecular weight is 314 g/mol. The van der Waals surface area contributed by atoms with E-state index in [1.54, 1.807) is 6.07 Å². The first-order valence-corrected chi connectivity index (χ1v) is 8.86. The summed E-state index contributed by atoms with van der Waals surface area (Å²) in [5.74, 6) is 0.644. The smallest absolute Gasteiger partial charge is 0.270 e. The highest BCUT2D eigenvalue weighted by Crippen LogP contribution is 2.20. The first kappa shape index (κ1) is 16.0. The summed E-state index contributed by atoms with van der Waals surface area (Å²) in [7, 11) is 0. The Kier molecular flexibility index (Phi) is 5.61. The monoisotopic (exact) mass is 314 g/mol. The minimum Gasteiger partial charge on any atom is -0.370 e. The molecular formula is C18H26N4O. The Morgan fingerprint density at radius 2 is 2.04 bits per heavy atom. The summed E-state index contributed by atoms with van der Waals surface area (Å²) in [4.78, 5) is 20.6. The van der Waals surface area contributed by atoms with Crippen molar-refractivity contribution in [3.63, 3.8) is 0 Å². The molecule has 1 amide bonds. The minimum absolute atomic E-state index is 0.0858. The summed E-state index contributed by atoms with van der Waals surface area (Å²) >= 11 is 0. The molecule has 0 spiro atoms. The fourth-order valence-corrected chi connectivity index (χ4v) is 3.39. The molecule has 0 unspecified atom stereocenters. The second-order valence-electron chi connectivity index (χ2n) is 6.53. The van der Waals surface area contributed by atoms with E-state index in [9.17, 15) is 4.79 Å². The van der Waals surface area contributed by atoms with Crippen LogP contribution in [-0.2, 0) is 0 Å². The highest BCUT2D eigenvalue weighted by Gasteiger charge is 2.18. The van der Waals surface area contributed by atoms with Gasteiger partial charge in [-0.15, -0.1) is 0 Å². The lowest BCUT2D eigenvalue weighted by atomic mass is 9.97. The molecule has 0 radical (unpaired) electrons. The molecule has 23 heavy (non-hydrogen) atoms. The standard InChI is InChI=1S/C18H26N4O/c23-18(22-15-8-4-5-9-15)16-12-17(21-13-20-16)19-11-10-14-6-2-1-3-7-14/h6,12-13,15H,1-5,7-11H2,(H,22,23)(H,19,20,21). The van der Waals surface area contributed by atoms with E-state index in [0.29, 0.717) is 11.7 Å². The molecule has 5 nitrogen and oxygen atoms in total. The molecule has 124 valence electrons. The third-order valence-electron chi connectivity index (χ3n) is 4.73. The molecule has 1 heterocycles. The Labute approximate surface area is 138 Å². The molecule has 0 atom stereocenters. The van der Waals surface area contributed by atoms with Gasteiger partial charge in [0, 0.05) is 18.7 Å². The molecule has 3 rings (SSSR count). The Balaban J connectivity index is 1.50. The number of nitrogens with one attached hydrogen (secondary N) is 2. The van der Waals surface area contributed by atoms with Crippen LogP contribution in [0.5, 0.6) is 0 Å². The van der Waals surface area contributed by atoms with Crippen molar-refractivity contribution in [1.82, 2.24) is 15.3 Å². The number of carbonyl (C=O) groups excluding carboxylic acids is 1. The third kappa shape index (κ3) is 4.78. The lowest BCUT2D eigenvalue weighted by molar-refractivity contribution is 0.0932. The summed E-state index contributed by atoms with van der Waals surface area (Å²) in [6.45, 7) is 0.854. The molecule has 1 aromatic rings. The van der Waals surface area contributed by atoms with E-state index >= 15 is 0 Å². The van der Waals surface area contributed by atoms with E-state index in [4.69, 9.17) is 0 Å². The van der Waals surface area contributed by atoms with Crippen LogP contribution >= 0.6 is 0 Å². The van der Waals surface area contributed by atoms with Crippen LogP contribution < -0.4 is 10.6 Å². The van der Waals surface area contributed by atoms with Gasteiger partial charge in [0.25, 0.3) is 5.91 Å². The van der Waals surface area contributed by atoms with Crippen molar-refractivity contribution in [2.45, 2.75) is 63.8 Å². The van der Waals surface area contributed by atoms with Gasteiger partial charge < -0.3 is 10.6 Å². The van der Waals surface area contributed by atoms with E-state index in [1.165, 1.54) is 50.4 Å². The maximum absolute atomic E-state index is 12.2. The molecule has 0 bridgehead atoms. The van der Waals surface area contributed by atoms with Crippen LogP contribution in [0.3, 0.4) is 0 Å². The van der Waals surface area contributed by atoms with Gasteiger partial charge in [-0.1, -0.05) is 24.5 Å². The first-order chi connectivity index (χ1) is 11.3. The fourth-order valence-electron chi connectivity index (χ4n) is 3.39. The zero-order valence-corrected chi connectivity index (χ0v) is 13.7. The van der Waals surface area contributed by atoms with Crippen LogP contribution in [0.4, 0.5) is 5.82 Å². The van der Waals surface area contributed by atoms with E-state index in [-0.39, 0.29) is 5.91 Å². The highest BCUT2D eigenvalue weighted by atomic mass is 16.1. The molecule has 0 aromatic carbocycles. The summed E-state index contributed by atoms with van der Waals surface area (Å²) in [5.41, 5.74) is 1.99. The Morgan fingerprint density at radius 3 is 2.83 bits per heavy atom. The topological polar surface area (TPSA) is 66.9 Å². The van der Waals surface area contributed by atoms with Crippen LogP contribution in [0.2, 0.25) is 0 Å². The van der Waals surface area contributed by atoms with Crippen molar-refractivity contribution >= 4 is 11.7 Å². The van der Waals surface area contributed by atoms with Gasteiger partial charge in [-0.3, -0.25) is 4.79 Å². The Bertz CT molecular complexity index is 564. The quantitative estimate of drug-likeness (QED) is 0.789. The minimum atomic E-state index is -0.0858. The largest absolute Gasteiger partial charge is 0.370 e. The van der Waals surface area contributed by atoms with E-state index in [0.717, 1.165) is 31.6 Å². The predicted molar refractivity (Wildman–Crippen MR) is 91.4 cm³/mol. The number of anilines is 1. The zero-order valence-electron chi connectivity index (χ0n) is 13.7. The van der Waals surface area contributed by atoms with Gasteiger partial charge >= 0.3 is 0 Å². The van der Waals surface area contributed by atoms with Crippen LogP contribution in [0, 0.1) is 0 Å². The van der Waals surface area contributed by atoms with E-state index < -0.39 is 0 Å². The summed E-state index contributed by atoms with van der Waals surface area (Å²) in [5, 5.41) is 6.37. The van der Waals surface area contributed by atoms with E-state index in [1.807, 2.05) is 0 Å². The van der Waals surface area contributed by atoms with Crippen molar-refractivity contribution in [1.29, 1.82) is 0 Å². The van der Waals surface area contributed by atoms with Crippen molar-refractivity contribution in [3.8, 4) is 0 Å². The maximum atomic E-state index is 12.2. The van der Waals surface area contributed by atoms with Crippen LogP contribution in [0.25, 0.3) is 0 Å². The van der Waals surface area contributed by atoms with Gasteiger partial charge in [0.1, 0.15) is 17.8 Å². The van der Waals surface area contributed by atoms with Gasteiger partial charge in [-0.05, 0) is 44.9 Å². The zero-order chi connectivity index (χ0) is 15.9. The number of aromatic nitrogens is 2. The van der Waals surface area contributed by atoms with Gasteiger partial charge in [0.05, 0.1) is 0 Å². The molecule has 1 fully saturated rings. The summed E-state index contributed by atoms with van der Waals surface area (Å²) in [6, 6.07) is 2.06. The molecular weight excluding hydrogens is 288 g/mol. The summed E-state index contributed by atoms with van der Waals surface area (Å²) < 4.78 is 0. The first-order valence-electron chi connectivity index (χ1n) is 8.86. The fraction of sp³-hybridized carbons (Fsp3) is 0.611. The molecule has 0 aliphatic heterocycles. The van der Waals surface area contributed by atoms with Gasteiger partial charge in [0.15, 0.2) is 0 Å². The molecule has 2 N–H and O–H groups in total. The summed E-state index contributed by atoms with van der Waals surface area (Å²) in [6.07, 6.45) is 14.5. The molecule has 5 heteroatoms. The molecule has 1 saturated carbocycles. The van der Waals surface area contributed by atoms with Crippen molar-refractivity contribution in [2.75, 3.05) is 11.9 Å². The lowest BCUT2D eigenvalue weighted by Crippen LogP contribution is -2.33. The second-order valence-corrected chi connectivity index (χ2v) is 6.53. The predicted octanol–water partition coefficient (Wildman–Crippen LogP) is 3.45.